The van der Waals surface area contributed by atoms with E-state index in [0.717, 1.165) is 12.3 Å². The van der Waals surface area contributed by atoms with Gasteiger partial charge in [-0.15, -0.1) is 0 Å². The van der Waals surface area contributed by atoms with Gasteiger partial charge in [0.05, 0.1) is 6.54 Å². The maximum Gasteiger partial charge on any atom is 0.433 e. The molecule has 18 heavy (non-hydrogen) atoms. The molecule has 0 aliphatic heterocycles. The summed E-state index contributed by atoms with van der Waals surface area (Å²) in [6, 6.07) is 6.97. The van der Waals surface area contributed by atoms with E-state index < -0.39 is 11.9 Å². The molecule has 2 heterocycles. The lowest BCUT2D eigenvalue weighted by atomic mass is 10.2. The molecule has 0 aromatic carbocycles. The van der Waals surface area contributed by atoms with E-state index in [-0.39, 0.29) is 12.1 Å². The van der Waals surface area contributed by atoms with Crippen LogP contribution in [0.15, 0.2) is 47.5 Å². The smallest absolute Gasteiger partial charge is 0.311 e. The Labute approximate surface area is 101 Å². The summed E-state index contributed by atoms with van der Waals surface area (Å²) < 4.78 is 38.7. The van der Waals surface area contributed by atoms with Crippen molar-refractivity contribution in [3.63, 3.8) is 0 Å². The summed E-state index contributed by atoms with van der Waals surface area (Å²) >= 11 is 0. The number of nitrogens with zero attached hydrogens (tertiary/aromatic N) is 2. The van der Waals surface area contributed by atoms with Crippen molar-refractivity contribution in [1.82, 2.24) is 9.55 Å². The monoisotopic (exact) mass is 254 g/mol. The predicted molar refractivity (Wildman–Crippen MR) is 59.0 cm³/mol. The van der Waals surface area contributed by atoms with Crippen molar-refractivity contribution in [3.8, 4) is 0 Å². The second-order valence-electron chi connectivity index (χ2n) is 3.71. The molecular weight excluding hydrogens is 245 g/mol. The van der Waals surface area contributed by atoms with E-state index in [1.807, 2.05) is 0 Å². The molecule has 0 unspecified atom stereocenters. The van der Waals surface area contributed by atoms with Gasteiger partial charge in [-0.25, -0.2) is 0 Å². The molecule has 0 fully saturated rings. The number of hydrogen-bond acceptors (Lipinski definition) is 2. The van der Waals surface area contributed by atoms with Crippen LogP contribution in [-0.2, 0) is 12.7 Å². The molecule has 0 saturated heterocycles. The molecular formula is C12H9F3N2O. The number of rotatable bonds is 2. The van der Waals surface area contributed by atoms with Crippen molar-refractivity contribution >= 4 is 0 Å². The van der Waals surface area contributed by atoms with Gasteiger partial charge < -0.3 is 4.57 Å². The minimum absolute atomic E-state index is 0.0886. The maximum atomic E-state index is 12.5. The quantitative estimate of drug-likeness (QED) is 0.824. The molecule has 0 atom stereocenters. The van der Waals surface area contributed by atoms with E-state index in [0.29, 0.717) is 5.56 Å². The first-order valence-corrected chi connectivity index (χ1v) is 5.14. The minimum atomic E-state index is -4.47. The Balaban J connectivity index is 2.31. The van der Waals surface area contributed by atoms with Crippen LogP contribution >= 0.6 is 0 Å². The first-order valence-electron chi connectivity index (χ1n) is 5.14. The summed E-state index contributed by atoms with van der Waals surface area (Å²) in [6.45, 7) is 0.0886. The Morgan fingerprint density at radius 1 is 1.22 bits per heavy atom. The van der Waals surface area contributed by atoms with Gasteiger partial charge in [-0.1, -0.05) is 6.07 Å². The zero-order valence-electron chi connectivity index (χ0n) is 9.19. The fourth-order valence-corrected chi connectivity index (χ4v) is 1.52. The normalized spacial score (nSPS) is 11.5. The van der Waals surface area contributed by atoms with E-state index >= 15 is 0 Å². The molecule has 0 bridgehead atoms. The fraction of sp³-hybridized carbons (Fsp3) is 0.167. The summed E-state index contributed by atoms with van der Waals surface area (Å²) in [4.78, 5) is 14.7. The lowest BCUT2D eigenvalue weighted by Gasteiger charge is -2.08. The zero-order valence-corrected chi connectivity index (χ0v) is 9.19. The van der Waals surface area contributed by atoms with Gasteiger partial charge in [0, 0.05) is 18.5 Å². The van der Waals surface area contributed by atoms with E-state index in [4.69, 9.17) is 0 Å². The van der Waals surface area contributed by atoms with Crippen LogP contribution in [0.5, 0.6) is 0 Å². The van der Waals surface area contributed by atoms with Crippen LogP contribution in [-0.4, -0.2) is 9.55 Å². The highest BCUT2D eigenvalue weighted by molar-refractivity contribution is 5.19. The summed E-state index contributed by atoms with van der Waals surface area (Å²) in [5.41, 5.74) is -0.836. The van der Waals surface area contributed by atoms with Gasteiger partial charge in [0.1, 0.15) is 5.69 Å². The van der Waals surface area contributed by atoms with Crippen LogP contribution in [0, 0.1) is 0 Å². The number of aromatic nitrogens is 2. The van der Waals surface area contributed by atoms with E-state index in [1.54, 1.807) is 12.1 Å². The number of pyridine rings is 2. The van der Waals surface area contributed by atoms with Gasteiger partial charge in [0.2, 0.25) is 0 Å². The van der Waals surface area contributed by atoms with E-state index in [2.05, 4.69) is 4.98 Å². The number of alkyl halides is 3. The van der Waals surface area contributed by atoms with Crippen LogP contribution in [0.1, 0.15) is 11.3 Å². The fourth-order valence-electron chi connectivity index (χ4n) is 1.52. The van der Waals surface area contributed by atoms with Gasteiger partial charge in [0.15, 0.2) is 0 Å². The Hall–Kier alpha value is -2.11. The highest BCUT2D eigenvalue weighted by Gasteiger charge is 2.32. The second-order valence-corrected chi connectivity index (χ2v) is 3.71. The highest BCUT2D eigenvalue weighted by atomic mass is 19.4. The molecule has 2 rings (SSSR count). The van der Waals surface area contributed by atoms with E-state index in [1.165, 1.54) is 22.9 Å². The molecule has 0 spiro atoms. The van der Waals surface area contributed by atoms with Crippen molar-refractivity contribution in [2.75, 3.05) is 0 Å². The summed E-state index contributed by atoms with van der Waals surface area (Å²) in [5.74, 6) is 0. The second kappa shape index (κ2) is 4.64. The third-order valence-electron chi connectivity index (χ3n) is 2.37. The molecule has 2 aromatic rings. The number of halogens is 3. The Morgan fingerprint density at radius 2 is 2.00 bits per heavy atom. The molecule has 0 saturated carbocycles. The Morgan fingerprint density at radius 3 is 2.67 bits per heavy atom. The lowest BCUT2D eigenvalue weighted by molar-refractivity contribution is -0.141. The zero-order chi connectivity index (χ0) is 13.2. The van der Waals surface area contributed by atoms with Crippen molar-refractivity contribution < 1.29 is 13.2 Å². The third-order valence-corrected chi connectivity index (χ3v) is 2.37. The topological polar surface area (TPSA) is 34.9 Å². The van der Waals surface area contributed by atoms with Gasteiger partial charge in [-0.2, -0.15) is 13.2 Å². The summed E-state index contributed by atoms with van der Waals surface area (Å²) in [6.07, 6.45) is -1.86. The van der Waals surface area contributed by atoms with Crippen molar-refractivity contribution in [2.45, 2.75) is 12.7 Å². The molecule has 0 aliphatic rings. The van der Waals surface area contributed by atoms with Crippen LogP contribution < -0.4 is 5.56 Å². The molecule has 0 amide bonds. The number of hydrogen-bond donors (Lipinski definition) is 0. The average Bonchev–Trinajstić information content (AvgIpc) is 2.31. The molecule has 3 nitrogen and oxygen atoms in total. The van der Waals surface area contributed by atoms with Crippen molar-refractivity contribution in [1.29, 1.82) is 0 Å². The van der Waals surface area contributed by atoms with Gasteiger partial charge in [0.25, 0.3) is 5.56 Å². The summed E-state index contributed by atoms with van der Waals surface area (Å²) in [5, 5.41) is 0. The van der Waals surface area contributed by atoms with Crippen LogP contribution in [0.25, 0.3) is 0 Å². The predicted octanol–water partition coefficient (Wildman–Crippen LogP) is 2.31. The molecule has 2 aromatic heterocycles. The van der Waals surface area contributed by atoms with Gasteiger partial charge in [-0.05, 0) is 23.8 Å². The van der Waals surface area contributed by atoms with E-state index in [9.17, 15) is 18.0 Å². The first kappa shape index (κ1) is 12.3. The third kappa shape index (κ3) is 2.77. The lowest BCUT2D eigenvalue weighted by Crippen LogP contribution is -2.18. The van der Waals surface area contributed by atoms with Gasteiger partial charge in [-0.3, -0.25) is 9.78 Å². The highest BCUT2D eigenvalue weighted by Crippen LogP contribution is 2.27. The van der Waals surface area contributed by atoms with Crippen molar-refractivity contribution in [2.24, 2.45) is 0 Å². The van der Waals surface area contributed by atoms with Crippen molar-refractivity contribution in [3.05, 3.63) is 64.3 Å². The molecule has 6 heteroatoms. The first-order chi connectivity index (χ1) is 8.47. The maximum absolute atomic E-state index is 12.5. The summed E-state index contributed by atoms with van der Waals surface area (Å²) in [7, 11) is 0. The molecule has 0 N–H and O–H groups in total. The molecule has 0 radical (unpaired) electrons. The Bertz CT molecular complexity index is 605. The van der Waals surface area contributed by atoms with Crippen LogP contribution in [0.2, 0.25) is 0 Å². The average molecular weight is 254 g/mol. The molecule has 0 aliphatic carbocycles. The van der Waals surface area contributed by atoms with Crippen LogP contribution in [0.3, 0.4) is 0 Å². The van der Waals surface area contributed by atoms with Crippen LogP contribution in [0.4, 0.5) is 13.2 Å². The molecule has 94 valence electrons. The Kier molecular flexibility index (Phi) is 3.18. The minimum Gasteiger partial charge on any atom is -0.311 e. The van der Waals surface area contributed by atoms with Gasteiger partial charge >= 0.3 is 6.18 Å². The SMILES string of the molecule is O=c1ccccn1Cc1ccnc(C(F)(F)F)c1. The largest absolute Gasteiger partial charge is 0.433 e. The standard InChI is InChI=1S/C12H9F3N2O/c13-12(14,15)10-7-9(4-5-16-10)8-17-6-2-1-3-11(17)18/h1-7H,8H2.